The minimum Gasteiger partial charge on any atom is -0.459 e. The van der Waals surface area contributed by atoms with Crippen LogP contribution < -0.4 is 5.32 Å². The number of hydrogen-bond donors (Lipinski definition) is 1. The smallest absolute Gasteiger partial charge is 0.270 e. The number of fused-ring (bicyclic) bond motifs is 3. The summed E-state index contributed by atoms with van der Waals surface area (Å²) in [5, 5.41) is 4.10. The number of nitrogens with one attached hydrogen (secondary N) is 1. The Morgan fingerprint density at radius 3 is 3.18 bits per heavy atom. The zero-order valence-corrected chi connectivity index (χ0v) is 12.8. The second-order valence-corrected chi connectivity index (χ2v) is 6.49. The summed E-state index contributed by atoms with van der Waals surface area (Å²) < 4.78 is 5.64. The number of aromatic nitrogens is 1. The van der Waals surface area contributed by atoms with E-state index < -0.39 is 0 Å². The van der Waals surface area contributed by atoms with Crippen LogP contribution in [0.15, 0.2) is 22.7 Å². The largest absolute Gasteiger partial charge is 0.459 e. The summed E-state index contributed by atoms with van der Waals surface area (Å²) in [6.45, 7) is 5.39. The van der Waals surface area contributed by atoms with E-state index in [0.29, 0.717) is 5.69 Å². The number of pyridine rings is 1. The minimum absolute atomic E-state index is 0.0753. The summed E-state index contributed by atoms with van der Waals surface area (Å²) in [5.41, 5.74) is 1.22. The van der Waals surface area contributed by atoms with Crippen molar-refractivity contribution >= 4 is 16.9 Å². The van der Waals surface area contributed by atoms with Crippen LogP contribution in [0.25, 0.3) is 11.0 Å². The monoisotopic (exact) mass is 299 g/mol. The molecule has 2 aromatic heterocycles. The van der Waals surface area contributed by atoms with E-state index in [4.69, 9.17) is 4.42 Å². The highest BCUT2D eigenvalue weighted by molar-refractivity contribution is 5.95. The third-order valence-electron chi connectivity index (χ3n) is 4.84. The van der Waals surface area contributed by atoms with Gasteiger partial charge >= 0.3 is 0 Å². The molecular formula is C17H21N3O2. The summed E-state index contributed by atoms with van der Waals surface area (Å²) in [4.78, 5) is 19.1. The quantitative estimate of drug-likeness (QED) is 0.944. The molecule has 4 heterocycles. The van der Waals surface area contributed by atoms with Gasteiger partial charge in [-0.05, 0) is 37.4 Å². The second kappa shape index (κ2) is 5.39. The molecule has 0 spiro atoms. The zero-order chi connectivity index (χ0) is 15.1. The van der Waals surface area contributed by atoms with Gasteiger partial charge in [-0.25, -0.2) is 4.98 Å². The molecule has 2 aromatic rings. The maximum atomic E-state index is 12.4. The fraction of sp³-hybridized carbons (Fsp3) is 0.529. The summed E-state index contributed by atoms with van der Waals surface area (Å²) in [5.74, 6) is 1.59. The lowest BCUT2D eigenvalue weighted by Gasteiger charge is -2.30. The summed E-state index contributed by atoms with van der Waals surface area (Å²) >= 11 is 0. The van der Waals surface area contributed by atoms with Crippen molar-refractivity contribution in [3.05, 3.63) is 29.8 Å². The lowest BCUT2D eigenvalue weighted by molar-refractivity contribution is 0.0904. The molecule has 4 rings (SSSR count). The molecule has 5 nitrogen and oxygen atoms in total. The molecule has 0 aliphatic carbocycles. The average molecular weight is 299 g/mol. The van der Waals surface area contributed by atoms with Crippen molar-refractivity contribution in [2.24, 2.45) is 5.92 Å². The fourth-order valence-corrected chi connectivity index (χ4v) is 3.72. The van der Waals surface area contributed by atoms with Gasteiger partial charge < -0.3 is 14.6 Å². The van der Waals surface area contributed by atoms with Crippen LogP contribution in [0.5, 0.6) is 0 Å². The Hall–Kier alpha value is -1.88. The van der Waals surface area contributed by atoms with Gasteiger partial charge in [0.2, 0.25) is 0 Å². The van der Waals surface area contributed by atoms with Crippen molar-refractivity contribution in [1.29, 1.82) is 0 Å². The topological polar surface area (TPSA) is 58.4 Å². The van der Waals surface area contributed by atoms with Gasteiger partial charge in [-0.1, -0.05) is 6.92 Å². The SMILES string of the molecule is CCc1cc2cc(C(=O)N[C@@H]3C[C@H]4CCN(C4)C3)ncc2o1. The van der Waals surface area contributed by atoms with Crippen molar-refractivity contribution in [1.82, 2.24) is 15.2 Å². The van der Waals surface area contributed by atoms with Crippen LogP contribution >= 0.6 is 0 Å². The number of rotatable bonds is 3. The van der Waals surface area contributed by atoms with Crippen molar-refractivity contribution in [3.63, 3.8) is 0 Å². The zero-order valence-electron chi connectivity index (χ0n) is 12.8. The lowest BCUT2D eigenvalue weighted by atomic mass is 9.97. The highest BCUT2D eigenvalue weighted by Crippen LogP contribution is 2.27. The normalized spacial score (nSPS) is 27.2. The van der Waals surface area contributed by atoms with Gasteiger partial charge in [-0.15, -0.1) is 0 Å². The van der Waals surface area contributed by atoms with E-state index in [1.165, 1.54) is 19.5 Å². The van der Waals surface area contributed by atoms with Crippen molar-refractivity contribution < 1.29 is 9.21 Å². The van der Waals surface area contributed by atoms with Crippen LogP contribution in [-0.4, -0.2) is 41.5 Å². The Labute approximate surface area is 129 Å². The van der Waals surface area contributed by atoms with Crippen LogP contribution in [0.3, 0.4) is 0 Å². The molecule has 2 bridgehead atoms. The molecule has 2 fully saturated rings. The summed E-state index contributed by atoms with van der Waals surface area (Å²) in [6.07, 6.45) is 4.86. The van der Waals surface area contributed by atoms with Gasteiger partial charge in [-0.3, -0.25) is 4.79 Å². The van der Waals surface area contributed by atoms with Crippen molar-refractivity contribution in [3.8, 4) is 0 Å². The summed E-state index contributed by atoms with van der Waals surface area (Å²) in [7, 11) is 0. The number of piperidine rings is 1. The molecule has 116 valence electrons. The van der Waals surface area contributed by atoms with Crippen LogP contribution in [0.1, 0.15) is 36.0 Å². The van der Waals surface area contributed by atoms with E-state index in [1.54, 1.807) is 6.20 Å². The maximum absolute atomic E-state index is 12.4. The number of furan rings is 1. The van der Waals surface area contributed by atoms with E-state index in [2.05, 4.69) is 15.2 Å². The first-order chi connectivity index (χ1) is 10.7. The van der Waals surface area contributed by atoms with Gasteiger partial charge in [0, 0.05) is 30.9 Å². The van der Waals surface area contributed by atoms with Gasteiger partial charge in [0.1, 0.15) is 11.5 Å². The number of amides is 1. The molecule has 0 aromatic carbocycles. The maximum Gasteiger partial charge on any atom is 0.270 e. The highest BCUT2D eigenvalue weighted by Gasteiger charge is 2.33. The number of aryl methyl sites for hydroxylation is 1. The first-order valence-electron chi connectivity index (χ1n) is 8.13. The molecule has 2 aliphatic rings. The Balaban J connectivity index is 1.50. The van der Waals surface area contributed by atoms with E-state index >= 15 is 0 Å². The van der Waals surface area contributed by atoms with Crippen LogP contribution in [-0.2, 0) is 6.42 Å². The van der Waals surface area contributed by atoms with Gasteiger partial charge in [-0.2, -0.15) is 0 Å². The predicted octanol–water partition coefficient (Wildman–Crippen LogP) is 2.21. The molecular weight excluding hydrogens is 278 g/mol. The van der Waals surface area contributed by atoms with Crippen LogP contribution in [0.2, 0.25) is 0 Å². The number of hydrogen-bond acceptors (Lipinski definition) is 4. The van der Waals surface area contributed by atoms with E-state index in [9.17, 15) is 4.79 Å². The Morgan fingerprint density at radius 2 is 2.36 bits per heavy atom. The molecule has 1 unspecified atom stereocenters. The van der Waals surface area contributed by atoms with Gasteiger partial charge in [0.15, 0.2) is 5.58 Å². The second-order valence-electron chi connectivity index (χ2n) is 6.49. The lowest BCUT2D eigenvalue weighted by Crippen LogP contribution is -2.47. The van der Waals surface area contributed by atoms with Crippen LogP contribution in [0, 0.1) is 5.92 Å². The third-order valence-corrected chi connectivity index (χ3v) is 4.84. The molecule has 2 saturated heterocycles. The predicted molar refractivity (Wildman–Crippen MR) is 83.8 cm³/mol. The van der Waals surface area contributed by atoms with Gasteiger partial charge in [0.05, 0.1) is 6.20 Å². The van der Waals surface area contributed by atoms with E-state index in [1.807, 2.05) is 19.1 Å². The Morgan fingerprint density at radius 1 is 1.45 bits per heavy atom. The standard InChI is InChI=1S/C17H21N3O2/c1-2-14-6-12-7-15(18-8-16(12)22-14)17(21)19-13-5-11-3-4-20(9-11)10-13/h6-8,11,13H,2-5,9-10H2,1H3,(H,19,21)/t11-,13-/m1/s1. The fourth-order valence-electron chi connectivity index (χ4n) is 3.72. The summed E-state index contributed by atoms with van der Waals surface area (Å²) in [6, 6.07) is 4.06. The van der Waals surface area contributed by atoms with Crippen molar-refractivity contribution in [2.45, 2.75) is 32.2 Å². The molecule has 0 saturated carbocycles. The number of carbonyl (C=O) groups excluding carboxylic acids is 1. The highest BCUT2D eigenvalue weighted by atomic mass is 16.3. The minimum atomic E-state index is -0.0753. The van der Waals surface area contributed by atoms with Crippen LogP contribution in [0.4, 0.5) is 0 Å². The first-order valence-corrected chi connectivity index (χ1v) is 8.13. The molecule has 3 atom stereocenters. The molecule has 22 heavy (non-hydrogen) atoms. The van der Waals surface area contributed by atoms with Gasteiger partial charge in [0.25, 0.3) is 5.91 Å². The first kappa shape index (κ1) is 13.8. The van der Waals surface area contributed by atoms with Crippen molar-refractivity contribution in [2.75, 3.05) is 19.6 Å². The molecule has 0 radical (unpaired) electrons. The molecule has 2 aliphatic heterocycles. The number of carbonyl (C=O) groups is 1. The Bertz CT molecular complexity index is 697. The molecule has 5 heteroatoms. The number of nitrogens with zero attached hydrogens (tertiary/aromatic N) is 2. The van der Waals surface area contributed by atoms with E-state index in [-0.39, 0.29) is 11.9 Å². The third kappa shape index (κ3) is 2.50. The molecule has 1 amide bonds. The Kier molecular flexibility index (Phi) is 3.37. The molecule has 1 N–H and O–H groups in total. The van der Waals surface area contributed by atoms with E-state index in [0.717, 1.165) is 42.0 Å². The average Bonchev–Trinajstić information content (AvgIpc) is 3.09.